The number of carbonyl (C=O) groups is 3. The maximum absolute atomic E-state index is 12.9. The molecule has 79 heavy (non-hydrogen) atoms. The number of ether oxygens (including phenoxy) is 3. The van der Waals surface area contributed by atoms with Crippen LogP contribution >= 0.6 is 0 Å². The smallest absolute Gasteiger partial charge is 0.306 e. The first kappa shape index (κ1) is 74.3. The van der Waals surface area contributed by atoms with Gasteiger partial charge in [-0.15, -0.1) is 0 Å². The summed E-state index contributed by atoms with van der Waals surface area (Å²) in [5.41, 5.74) is 0. The number of carbonyl (C=O) groups excluding carboxylic acids is 3. The van der Waals surface area contributed by atoms with Crippen molar-refractivity contribution in [3.8, 4) is 0 Å². The van der Waals surface area contributed by atoms with Crippen molar-refractivity contribution in [2.45, 2.75) is 284 Å². The standard InChI is InChI=1S/C73H118O6/c1-4-7-10-13-16-19-22-25-27-29-31-32-33-34-35-36-37-38-39-40-42-43-45-48-51-54-57-60-63-66-72(75)78-69-70(68-77-71(74)65-62-59-56-53-50-47-24-21-18-15-12-9-6-3)79-73(76)67-64-61-58-55-52-49-46-44-41-30-28-26-23-20-17-14-11-8-5-2/h7-8,10-12,15-17,19-21,24-28,31-32,34-35,37-38,41,44,70H,4-6,9,13-14,18,22-23,29-30,33,36,39-40,42-43,45-69H2,1-3H3/b10-7-,11-8-,15-12-,19-16-,20-17-,24-21-,27-25-,28-26-,32-31-,35-34-,38-37-,44-41-. The van der Waals surface area contributed by atoms with E-state index in [0.717, 1.165) is 167 Å². The third kappa shape index (κ3) is 64.0. The summed E-state index contributed by atoms with van der Waals surface area (Å²) >= 11 is 0. The van der Waals surface area contributed by atoms with Crippen LogP contribution < -0.4 is 0 Å². The molecule has 6 nitrogen and oxygen atoms in total. The van der Waals surface area contributed by atoms with Crippen LogP contribution in [0.3, 0.4) is 0 Å². The normalized spacial score (nSPS) is 13.1. The van der Waals surface area contributed by atoms with E-state index in [2.05, 4.69) is 167 Å². The maximum atomic E-state index is 12.9. The monoisotopic (exact) mass is 1090 g/mol. The van der Waals surface area contributed by atoms with Crippen molar-refractivity contribution in [3.05, 3.63) is 146 Å². The highest BCUT2D eigenvalue weighted by Crippen LogP contribution is 2.15. The second-order valence-electron chi connectivity index (χ2n) is 20.9. The van der Waals surface area contributed by atoms with Crippen molar-refractivity contribution >= 4 is 17.9 Å². The molecule has 0 fully saturated rings. The minimum atomic E-state index is -0.800. The van der Waals surface area contributed by atoms with E-state index in [9.17, 15) is 14.4 Å². The van der Waals surface area contributed by atoms with Crippen LogP contribution in [0.15, 0.2) is 146 Å². The van der Waals surface area contributed by atoms with Gasteiger partial charge in [-0.25, -0.2) is 0 Å². The van der Waals surface area contributed by atoms with Crippen molar-refractivity contribution in [3.63, 3.8) is 0 Å². The fourth-order valence-corrected chi connectivity index (χ4v) is 8.53. The minimum Gasteiger partial charge on any atom is -0.462 e. The van der Waals surface area contributed by atoms with Crippen LogP contribution in [0, 0.1) is 0 Å². The van der Waals surface area contributed by atoms with E-state index in [0.29, 0.717) is 19.3 Å². The number of hydrogen-bond donors (Lipinski definition) is 0. The van der Waals surface area contributed by atoms with Gasteiger partial charge in [-0.3, -0.25) is 14.4 Å². The summed E-state index contributed by atoms with van der Waals surface area (Å²) in [7, 11) is 0. The highest BCUT2D eigenvalue weighted by molar-refractivity contribution is 5.71. The lowest BCUT2D eigenvalue weighted by molar-refractivity contribution is -0.167. The summed E-state index contributed by atoms with van der Waals surface area (Å²) in [5.74, 6) is -0.928. The molecule has 0 saturated carbocycles. The number of unbranched alkanes of at least 4 members (excludes halogenated alkanes) is 22. The first-order valence-electron chi connectivity index (χ1n) is 32.3. The van der Waals surface area contributed by atoms with E-state index in [4.69, 9.17) is 14.2 Å². The van der Waals surface area contributed by atoms with E-state index in [1.54, 1.807) is 0 Å². The van der Waals surface area contributed by atoms with Gasteiger partial charge in [-0.2, -0.15) is 0 Å². The molecule has 0 radical (unpaired) electrons. The molecule has 0 amide bonds. The summed E-state index contributed by atoms with van der Waals surface area (Å²) in [6.07, 6.45) is 94.2. The zero-order valence-corrected chi connectivity index (χ0v) is 51.1. The lowest BCUT2D eigenvalue weighted by atomic mass is 10.1. The Morgan fingerprint density at radius 1 is 0.266 bits per heavy atom. The highest BCUT2D eigenvalue weighted by Gasteiger charge is 2.19. The zero-order chi connectivity index (χ0) is 57.1. The van der Waals surface area contributed by atoms with Gasteiger partial charge in [-0.05, 0) is 135 Å². The Hall–Kier alpha value is -4.71. The van der Waals surface area contributed by atoms with Gasteiger partial charge in [0.05, 0.1) is 0 Å². The van der Waals surface area contributed by atoms with E-state index in [1.165, 1.54) is 70.6 Å². The molecule has 0 aliphatic heterocycles. The molecule has 0 aliphatic carbocycles. The van der Waals surface area contributed by atoms with Gasteiger partial charge >= 0.3 is 17.9 Å². The largest absolute Gasteiger partial charge is 0.462 e. The minimum absolute atomic E-state index is 0.0952. The lowest BCUT2D eigenvalue weighted by Gasteiger charge is -2.18. The average molecular weight is 1090 g/mol. The molecule has 0 aromatic heterocycles. The van der Waals surface area contributed by atoms with Crippen LogP contribution in [0.5, 0.6) is 0 Å². The molecule has 6 heteroatoms. The number of esters is 3. The Labute approximate surface area is 487 Å². The molecule has 0 N–H and O–H groups in total. The van der Waals surface area contributed by atoms with Crippen LogP contribution in [-0.2, 0) is 28.6 Å². The Balaban J connectivity index is 4.35. The summed E-state index contributed by atoms with van der Waals surface area (Å²) in [4.78, 5) is 38.3. The Bertz CT molecular complexity index is 1730. The predicted molar refractivity (Wildman–Crippen MR) is 343 cm³/mol. The number of allylic oxidation sites excluding steroid dienone is 24. The van der Waals surface area contributed by atoms with E-state index in [1.807, 2.05) is 0 Å². The van der Waals surface area contributed by atoms with Gasteiger partial charge in [-0.1, -0.05) is 269 Å². The Morgan fingerprint density at radius 3 is 0.772 bits per heavy atom. The highest BCUT2D eigenvalue weighted by atomic mass is 16.6. The summed E-state index contributed by atoms with van der Waals surface area (Å²) in [6.45, 7) is 6.33. The van der Waals surface area contributed by atoms with Crippen molar-refractivity contribution in [2.75, 3.05) is 13.2 Å². The molecule has 0 bridgehead atoms. The second kappa shape index (κ2) is 65.8. The molecule has 0 aromatic carbocycles. The SMILES string of the molecule is CC/C=C\C/C=C\C/C=C\C/C=C\C/C=C\C/C=C\CCCCCCCCCCCCC(=O)OCC(COC(=O)CCCCCCC/C=C\C/C=C\CCC)OC(=O)CCCCCCCC/C=C\C/C=C\C/C=C\C/C=C\CC. The van der Waals surface area contributed by atoms with Gasteiger partial charge in [0.25, 0.3) is 0 Å². The first-order valence-corrected chi connectivity index (χ1v) is 32.3. The predicted octanol–water partition coefficient (Wildman–Crippen LogP) is 22.3. The first-order chi connectivity index (χ1) is 39.0. The summed E-state index contributed by atoms with van der Waals surface area (Å²) in [6, 6.07) is 0. The Morgan fingerprint density at radius 2 is 0.494 bits per heavy atom. The van der Waals surface area contributed by atoms with E-state index >= 15 is 0 Å². The number of rotatable bonds is 57. The van der Waals surface area contributed by atoms with Gasteiger partial charge in [0, 0.05) is 19.3 Å². The molecule has 0 rings (SSSR count). The summed E-state index contributed by atoms with van der Waals surface area (Å²) in [5, 5.41) is 0. The Kier molecular flexibility index (Phi) is 61.9. The third-order valence-corrected chi connectivity index (χ3v) is 13.3. The number of hydrogen-bond acceptors (Lipinski definition) is 6. The van der Waals surface area contributed by atoms with Gasteiger partial charge in [0.15, 0.2) is 6.10 Å². The topological polar surface area (TPSA) is 78.9 Å². The molecular formula is C73H118O6. The van der Waals surface area contributed by atoms with Gasteiger partial charge in [0.2, 0.25) is 0 Å². The quantitative estimate of drug-likeness (QED) is 0.0261. The fraction of sp³-hybridized carbons (Fsp3) is 0.630. The van der Waals surface area contributed by atoms with E-state index < -0.39 is 6.10 Å². The third-order valence-electron chi connectivity index (χ3n) is 13.3. The maximum Gasteiger partial charge on any atom is 0.306 e. The molecule has 0 heterocycles. The second-order valence-corrected chi connectivity index (χ2v) is 20.9. The van der Waals surface area contributed by atoms with Crippen molar-refractivity contribution in [2.24, 2.45) is 0 Å². The molecular weight excluding hydrogens is 973 g/mol. The van der Waals surface area contributed by atoms with Crippen LogP contribution in [0.1, 0.15) is 278 Å². The molecule has 0 saturated heterocycles. The van der Waals surface area contributed by atoms with Crippen molar-refractivity contribution in [1.29, 1.82) is 0 Å². The van der Waals surface area contributed by atoms with Crippen LogP contribution in [0.2, 0.25) is 0 Å². The summed E-state index contributed by atoms with van der Waals surface area (Å²) < 4.78 is 16.9. The van der Waals surface area contributed by atoms with Gasteiger partial charge in [0.1, 0.15) is 13.2 Å². The van der Waals surface area contributed by atoms with Crippen molar-refractivity contribution < 1.29 is 28.6 Å². The van der Waals surface area contributed by atoms with Crippen LogP contribution in [0.25, 0.3) is 0 Å². The van der Waals surface area contributed by atoms with Crippen molar-refractivity contribution in [1.82, 2.24) is 0 Å². The molecule has 1 unspecified atom stereocenters. The molecule has 446 valence electrons. The van der Waals surface area contributed by atoms with E-state index in [-0.39, 0.29) is 31.1 Å². The van der Waals surface area contributed by atoms with Crippen LogP contribution in [-0.4, -0.2) is 37.2 Å². The molecule has 0 spiro atoms. The van der Waals surface area contributed by atoms with Gasteiger partial charge < -0.3 is 14.2 Å². The molecule has 0 aliphatic rings. The fourth-order valence-electron chi connectivity index (χ4n) is 8.53. The molecule has 0 aromatic rings. The molecule has 1 atom stereocenters. The van der Waals surface area contributed by atoms with Crippen LogP contribution in [0.4, 0.5) is 0 Å². The lowest BCUT2D eigenvalue weighted by Crippen LogP contribution is -2.30. The zero-order valence-electron chi connectivity index (χ0n) is 51.1. The average Bonchev–Trinajstić information content (AvgIpc) is 3.45.